The molecule has 102 valence electrons. The number of amides is 1. The van der Waals surface area contributed by atoms with E-state index >= 15 is 0 Å². The number of nitrogens with two attached hydrogens (primary N) is 1. The number of benzene rings is 1. The molecule has 0 aliphatic carbocycles. The minimum Gasteiger partial charge on any atom is -0.469 e. The van der Waals surface area contributed by atoms with Crippen LogP contribution < -0.4 is 5.73 Å². The van der Waals surface area contributed by atoms with E-state index in [2.05, 4.69) is 0 Å². The predicted molar refractivity (Wildman–Crippen MR) is 71.5 cm³/mol. The van der Waals surface area contributed by atoms with Crippen LogP contribution in [0.1, 0.15) is 23.2 Å². The van der Waals surface area contributed by atoms with Gasteiger partial charge in [0.15, 0.2) is 0 Å². The first-order valence-electron chi connectivity index (χ1n) is 6.34. The minimum atomic E-state index is -0.184. The fraction of sp³-hybridized carbons (Fsp3) is 0.429. The largest absolute Gasteiger partial charge is 0.469 e. The number of carbonyl (C=O) groups is 2. The van der Waals surface area contributed by atoms with Gasteiger partial charge in [0, 0.05) is 24.3 Å². The average Bonchev–Trinajstić information content (AvgIpc) is 2.46. The fourth-order valence-electron chi connectivity index (χ4n) is 2.34. The standard InChI is InChI=1S/C14H18N2O3/c1-19-14(18)10-5-7-16(8-6-10)13(17)11-3-2-4-12(15)9-11/h2-4,9-10H,5-8,15H2,1H3. The number of nitrogen functional groups attached to an aromatic ring is 1. The van der Waals surface area contributed by atoms with Crippen LogP contribution in [0.4, 0.5) is 5.69 Å². The van der Waals surface area contributed by atoms with Gasteiger partial charge in [-0.1, -0.05) is 6.07 Å². The Morgan fingerprint density at radius 3 is 2.58 bits per heavy atom. The van der Waals surface area contributed by atoms with E-state index in [0.717, 1.165) is 0 Å². The van der Waals surface area contributed by atoms with Crippen molar-refractivity contribution in [2.75, 3.05) is 25.9 Å². The lowest BCUT2D eigenvalue weighted by Gasteiger charge is -2.30. The number of anilines is 1. The van der Waals surface area contributed by atoms with Crippen LogP contribution in [-0.4, -0.2) is 37.0 Å². The highest BCUT2D eigenvalue weighted by atomic mass is 16.5. The molecule has 2 N–H and O–H groups in total. The second-order valence-corrected chi connectivity index (χ2v) is 4.72. The summed E-state index contributed by atoms with van der Waals surface area (Å²) in [6.45, 7) is 1.15. The smallest absolute Gasteiger partial charge is 0.308 e. The Kier molecular flexibility index (Phi) is 4.04. The van der Waals surface area contributed by atoms with Gasteiger partial charge >= 0.3 is 5.97 Å². The van der Waals surface area contributed by atoms with Crippen molar-refractivity contribution in [2.45, 2.75) is 12.8 Å². The van der Waals surface area contributed by atoms with Gasteiger partial charge in [0.25, 0.3) is 5.91 Å². The Hall–Kier alpha value is -2.04. The third-order valence-electron chi connectivity index (χ3n) is 3.45. The fourth-order valence-corrected chi connectivity index (χ4v) is 2.34. The van der Waals surface area contributed by atoms with Gasteiger partial charge in [-0.2, -0.15) is 0 Å². The molecule has 0 spiro atoms. The number of likely N-dealkylation sites (tertiary alicyclic amines) is 1. The molecular weight excluding hydrogens is 244 g/mol. The Bertz CT molecular complexity index is 479. The molecule has 5 nitrogen and oxygen atoms in total. The molecule has 5 heteroatoms. The van der Waals surface area contributed by atoms with E-state index in [9.17, 15) is 9.59 Å². The first kappa shape index (κ1) is 13.4. The van der Waals surface area contributed by atoms with E-state index in [1.165, 1.54) is 7.11 Å². The van der Waals surface area contributed by atoms with Crippen LogP contribution in [0, 0.1) is 5.92 Å². The number of piperidine rings is 1. The average molecular weight is 262 g/mol. The van der Waals surface area contributed by atoms with Gasteiger partial charge in [0.05, 0.1) is 13.0 Å². The van der Waals surface area contributed by atoms with Gasteiger partial charge in [0.1, 0.15) is 0 Å². The first-order valence-corrected chi connectivity index (χ1v) is 6.34. The van der Waals surface area contributed by atoms with Gasteiger partial charge in [-0.3, -0.25) is 9.59 Å². The highest BCUT2D eigenvalue weighted by Gasteiger charge is 2.28. The summed E-state index contributed by atoms with van der Waals surface area (Å²) >= 11 is 0. The molecule has 1 fully saturated rings. The maximum absolute atomic E-state index is 12.3. The molecule has 0 bridgehead atoms. The molecule has 19 heavy (non-hydrogen) atoms. The summed E-state index contributed by atoms with van der Waals surface area (Å²) < 4.78 is 4.73. The van der Waals surface area contributed by atoms with Crippen LogP contribution in [0.2, 0.25) is 0 Å². The number of ether oxygens (including phenoxy) is 1. The second kappa shape index (κ2) is 5.73. The van der Waals surface area contributed by atoms with Gasteiger partial charge in [-0.05, 0) is 31.0 Å². The third-order valence-corrected chi connectivity index (χ3v) is 3.45. The monoisotopic (exact) mass is 262 g/mol. The summed E-state index contributed by atoms with van der Waals surface area (Å²) in [6, 6.07) is 6.95. The molecule has 1 heterocycles. The van der Waals surface area contributed by atoms with Crippen LogP contribution in [0.15, 0.2) is 24.3 Å². The molecule has 0 saturated carbocycles. The maximum atomic E-state index is 12.3. The Morgan fingerprint density at radius 2 is 2.00 bits per heavy atom. The highest BCUT2D eigenvalue weighted by Crippen LogP contribution is 2.20. The number of rotatable bonds is 2. The SMILES string of the molecule is COC(=O)C1CCN(C(=O)c2cccc(N)c2)CC1. The van der Waals surface area contributed by atoms with E-state index in [-0.39, 0.29) is 17.8 Å². The van der Waals surface area contributed by atoms with Crippen molar-refractivity contribution >= 4 is 17.6 Å². The van der Waals surface area contributed by atoms with E-state index in [1.54, 1.807) is 29.2 Å². The number of hydrogen-bond donors (Lipinski definition) is 1. The van der Waals surface area contributed by atoms with Crippen LogP contribution in [0.3, 0.4) is 0 Å². The zero-order valence-corrected chi connectivity index (χ0v) is 11.0. The van der Waals surface area contributed by atoms with Crippen molar-refractivity contribution in [1.29, 1.82) is 0 Å². The van der Waals surface area contributed by atoms with Crippen LogP contribution in [0.5, 0.6) is 0 Å². The summed E-state index contributed by atoms with van der Waals surface area (Å²) in [5, 5.41) is 0. The quantitative estimate of drug-likeness (QED) is 0.644. The molecule has 1 amide bonds. The number of esters is 1. The van der Waals surface area contributed by atoms with Crippen molar-refractivity contribution in [1.82, 2.24) is 4.90 Å². The lowest BCUT2D eigenvalue weighted by Crippen LogP contribution is -2.40. The number of hydrogen-bond acceptors (Lipinski definition) is 4. The van der Waals surface area contributed by atoms with Crippen molar-refractivity contribution in [3.05, 3.63) is 29.8 Å². The molecular formula is C14H18N2O3. The minimum absolute atomic E-state index is 0.0318. The molecule has 1 saturated heterocycles. The first-order chi connectivity index (χ1) is 9.11. The molecule has 0 atom stereocenters. The molecule has 2 rings (SSSR count). The number of nitrogens with zero attached hydrogens (tertiary/aromatic N) is 1. The second-order valence-electron chi connectivity index (χ2n) is 4.72. The van der Waals surface area contributed by atoms with E-state index < -0.39 is 0 Å². The predicted octanol–water partition coefficient (Wildman–Crippen LogP) is 1.29. The third kappa shape index (κ3) is 3.05. The van der Waals surface area contributed by atoms with Crippen LogP contribution in [0.25, 0.3) is 0 Å². The van der Waals surface area contributed by atoms with Crippen molar-refractivity contribution in [2.24, 2.45) is 5.92 Å². The number of carbonyl (C=O) groups excluding carboxylic acids is 2. The summed E-state index contributed by atoms with van der Waals surface area (Å²) in [7, 11) is 1.40. The van der Waals surface area contributed by atoms with E-state index in [1.807, 2.05) is 0 Å². The Morgan fingerprint density at radius 1 is 1.32 bits per heavy atom. The molecule has 1 aliphatic rings. The molecule has 1 aliphatic heterocycles. The number of methoxy groups -OCH3 is 1. The van der Waals surface area contributed by atoms with E-state index in [0.29, 0.717) is 37.2 Å². The molecule has 1 aromatic rings. The lowest BCUT2D eigenvalue weighted by molar-refractivity contribution is -0.146. The van der Waals surface area contributed by atoms with Gasteiger partial charge < -0.3 is 15.4 Å². The van der Waals surface area contributed by atoms with Crippen molar-refractivity contribution in [3.63, 3.8) is 0 Å². The lowest BCUT2D eigenvalue weighted by atomic mass is 9.96. The van der Waals surface area contributed by atoms with E-state index in [4.69, 9.17) is 10.5 Å². The van der Waals surface area contributed by atoms with Crippen molar-refractivity contribution in [3.8, 4) is 0 Å². The van der Waals surface area contributed by atoms with Gasteiger partial charge in [-0.25, -0.2) is 0 Å². The molecule has 1 aromatic carbocycles. The van der Waals surface area contributed by atoms with Crippen LogP contribution >= 0.6 is 0 Å². The summed E-state index contributed by atoms with van der Waals surface area (Å²) in [6.07, 6.45) is 1.31. The Labute approximate surface area is 112 Å². The maximum Gasteiger partial charge on any atom is 0.308 e. The summed E-state index contributed by atoms with van der Waals surface area (Å²) in [5.41, 5.74) is 6.85. The molecule has 0 aromatic heterocycles. The Balaban J connectivity index is 1.98. The van der Waals surface area contributed by atoms with Gasteiger partial charge in [0.2, 0.25) is 0 Å². The zero-order chi connectivity index (χ0) is 13.8. The van der Waals surface area contributed by atoms with Crippen molar-refractivity contribution < 1.29 is 14.3 Å². The highest BCUT2D eigenvalue weighted by molar-refractivity contribution is 5.95. The zero-order valence-electron chi connectivity index (χ0n) is 11.0. The van der Waals surface area contributed by atoms with Crippen LogP contribution in [-0.2, 0) is 9.53 Å². The van der Waals surface area contributed by atoms with Gasteiger partial charge in [-0.15, -0.1) is 0 Å². The summed E-state index contributed by atoms with van der Waals surface area (Å²) in [5.74, 6) is -0.304. The normalized spacial score (nSPS) is 16.2. The molecule has 0 unspecified atom stereocenters. The summed E-state index contributed by atoms with van der Waals surface area (Å²) in [4.78, 5) is 25.4. The topological polar surface area (TPSA) is 72.6 Å². The molecule has 0 radical (unpaired) electrons.